The molecule has 0 radical (unpaired) electrons. The molecule has 6 nitrogen and oxygen atoms in total. The van der Waals surface area contributed by atoms with Gasteiger partial charge in [0.05, 0.1) is 18.1 Å². The van der Waals surface area contributed by atoms with Crippen LogP contribution in [0.2, 0.25) is 5.02 Å². The Labute approximate surface area is 177 Å². The lowest BCUT2D eigenvalue weighted by molar-refractivity contribution is -0.123. The zero-order valence-electron chi connectivity index (χ0n) is 15.6. The van der Waals surface area contributed by atoms with Crippen molar-refractivity contribution in [1.82, 2.24) is 4.90 Å². The van der Waals surface area contributed by atoms with Crippen molar-refractivity contribution in [3.8, 4) is 17.2 Å². The van der Waals surface area contributed by atoms with Gasteiger partial charge in [-0.05, 0) is 53.6 Å². The second-order valence-corrected chi connectivity index (χ2v) is 7.88. The van der Waals surface area contributed by atoms with E-state index in [2.05, 4.69) is 0 Å². The Morgan fingerprint density at radius 1 is 1.17 bits per heavy atom. The number of nitrogens with zero attached hydrogens (tertiary/aromatic N) is 1. The highest BCUT2D eigenvalue weighted by molar-refractivity contribution is 8.18. The highest BCUT2D eigenvalue weighted by Crippen LogP contribution is 2.39. The van der Waals surface area contributed by atoms with Crippen molar-refractivity contribution in [2.45, 2.75) is 19.9 Å². The van der Waals surface area contributed by atoms with E-state index < -0.39 is 0 Å². The lowest BCUT2D eigenvalue weighted by Crippen LogP contribution is -2.27. The first kappa shape index (κ1) is 19.7. The van der Waals surface area contributed by atoms with Crippen LogP contribution in [0.1, 0.15) is 24.5 Å². The number of carbonyl (C=O) groups excluding carboxylic acids is 2. The number of benzene rings is 2. The predicted octanol–water partition coefficient (Wildman–Crippen LogP) is 5.09. The molecule has 2 aromatic carbocycles. The minimum Gasteiger partial charge on any atom is -0.494 e. The van der Waals surface area contributed by atoms with E-state index in [-0.39, 0.29) is 24.5 Å². The molecule has 0 aliphatic carbocycles. The van der Waals surface area contributed by atoms with E-state index >= 15 is 0 Å². The summed E-state index contributed by atoms with van der Waals surface area (Å²) in [6.07, 6.45) is 2.64. The summed E-state index contributed by atoms with van der Waals surface area (Å²) in [5.41, 5.74) is 1.44. The van der Waals surface area contributed by atoms with Crippen molar-refractivity contribution in [2.75, 3.05) is 13.4 Å². The SMILES string of the molecule is CCCOc1ccc(/C=C2\SC(=O)N(Cc3cc4c(cc3Cl)OCO4)C2=O)cc1. The maximum atomic E-state index is 12.8. The zero-order valence-corrected chi connectivity index (χ0v) is 17.2. The van der Waals surface area contributed by atoms with Crippen LogP contribution in [0.5, 0.6) is 17.2 Å². The molecule has 29 heavy (non-hydrogen) atoms. The van der Waals surface area contributed by atoms with Gasteiger partial charge in [0.1, 0.15) is 5.75 Å². The van der Waals surface area contributed by atoms with Crippen LogP contribution in [0.4, 0.5) is 4.79 Å². The molecule has 2 amide bonds. The largest absolute Gasteiger partial charge is 0.494 e. The van der Waals surface area contributed by atoms with Gasteiger partial charge in [-0.1, -0.05) is 30.7 Å². The van der Waals surface area contributed by atoms with Crippen molar-refractivity contribution in [2.24, 2.45) is 0 Å². The van der Waals surface area contributed by atoms with E-state index in [9.17, 15) is 9.59 Å². The van der Waals surface area contributed by atoms with Crippen LogP contribution >= 0.6 is 23.4 Å². The van der Waals surface area contributed by atoms with Gasteiger partial charge in [0.25, 0.3) is 11.1 Å². The smallest absolute Gasteiger partial charge is 0.293 e. The molecular formula is C21H18ClNO5S. The summed E-state index contributed by atoms with van der Waals surface area (Å²) in [4.78, 5) is 26.7. The second kappa shape index (κ2) is 8.39. The van der Waals surface area contributed by atoms with Crippen molar-refractivity contribution in [3.05, 3.63) is 57.5 Å². The quantitative estimate of drug-likeness (QED) is 0.593. The number of thioether (sulfide) groups is 1. The molecule has 1 saturated heterocycles. The van der Waals surface area contributed by atoms with Gasteiger partial charge in [-0.25, -0.2) is 0 Å². The molecule has 0 N–H and O–H groups in total. The third kappa shape index (κ3) is 4.21. The van der Waals surface area contributed by atoms with E-state index in [4.69, 9.17) is 25.8 Å². The molecule has 0 aromatic heterocycles. The van der Waals surface area contributed by atoms with Crippen LogP contribution in [0, 0.1) is 0 Å². The molecule has 8 heteroatoms. The Morgan fingerprint density at radius 3 is 2.62 bits per heavy atom. The molecule has 0 bridgehead atoms. The first-order chi connectivity index (χ1) is 14.0. The minimum absolute atomic E-state index is 0.0707. The monoisotopic (exact) mass is 431 g/mol. The predicted molar refractivity (Wildman–Crippen MR) is 111 cm³/mol. The average molecular weight is 432 g/mol. The van der Waals surface area contributed by atoms with E-state index in [1.54, 1.807) is 18.2 Å². The molecule has 2 aliphatic heterocycles. The molecule has 150 valence electrons. The summed E-state index contributed by atoms with van der Waals surface area (Å²) >= 11 is 7.19. The van der Waals surface area contributed by atoms with Gasteiger partial charge in [-0.2, -0.15) is 0 Å². The Balaban J connectivity index is 1.49. The Bertz CT molecular complexity index is 989. The maximum absolute atomic E-state index is 12.8. The molecule has 2 aliphatic rings. The molecular weight excluding hydrogens is 414 g/mol. The first-order valence-corrected chi connectivity index (χ1v) is 10.3. The summed E-state index contributed by atoms with van der Waals surface area (Å²) < 4.78 is 16.2. The van der Waals surface area contributed by atoms with Gasteiger partial charge in [0.2, 0.25) is 6.79 Å². The zero-order chi connectivity index (χ0) is 20.4. The van der Waals surface area contributed by atoms with Crippen molar-refractivity contribution in [1.29, 1.82) is 0 Å². The number of ether oxygens (including phenoxy) is 3. The number of imide groups is 1. The van der Waals surface area contributed by atoms with E-state index in [1.165, 1.54) is 4.90 Å². The van der Waals surface area contributed by atoms with Gasteiger partial charge >= 0.3 is 0 Å². The van der Waals surface area contributed by atoms with Gasteiger partial charge in [0, 0.05) is 11.1 Å². The van der Waals surface area contributed by atoms with Gasteiger partial charge in [0.15, 0.2) is 11.5 Å². The van der Waals surface area contributed by atoms with Crippen LogP contribution in [-0.4, -0.2) is 29.4 Å². The number of amides is 2. The Hall–Kier alpha value is -2.64. The summed E-state index contributed by atoms with van der Waals surface area (Å²) in [7, 11) is 0. The molecule has 2 heterocycles. The van der Waals surface area contributed by atoms with E-state index in [1.807, 2.05) is 31.2 Å². The molecule has 0 atom stereocenters. The number of carbonyl (C=O) groups is 2. The normalized spacial score (nSPS) is 16.8. The number of rotatable bonds is 6. The van der Waals surface area contributed by atoms with Crippen LogP contribution < -0.4 is 14.2 Å². The summed E-state index contributed by atoms with van der Waals surface area (Å²) in [6.45, 7) is 2.89. The lowest BCUT2D eigenvalue weighted by Gasteiger charge is -2.14. The van der Waals surface area contributed by atoms with Crippen molar-refractivity contribution >= 4 is 40.6 Å². The Kier molecular flexibility index (Phi) is 5.69. The third-order valence-electron chi connectivity index (χ3n) is 4.39. The molecule has 0 spiro atoms. The minimum atomic E-state index is -0.347. The van der Waals surface area contributed by atoms with Crippen LogP contribution in [0.15, 0.2) is 41.3 Å². The van der Waals surface area contributed by atoms with Crippen LogP contribution in [0.3, 0.4) is 0 Å². The average Bonchev–Trinajstić information content (AvgIpc) is 3.26. The van der Waals surface area contributed by atoms with Gasteiger partial charge in [-0.15, -0.1) is 0 Å². The number of hydrogen-bond acceptors (Lipinski definition) is 6. The van der Waals surface area contributed by atoms with Crippen molar-refractivity contribution in [3.63, 3.8) is 0 Å². The number of hydrogen-bond donors (Lipinski definition) is 0. The van der Waals surface area contributed by atoms with Gasteiger partial charge < -0.3 is 14.2 Å². The fourth-order valence-electron chi connectivity index (χ4n) is 2.92. The molecule has 1 fully saturated rings. The Morgan fingerprint density at radius 2 is 1.90 bits per heavy atom. The van der Waals surface area contributed by atoms with Crippen LogP contribution in [0.25, 0.3) is 6.08 Å². The fourth-order valence-corrected chi connectivity index (χ4v) is 3.97. The fraction of sp³-hybridized carbons (Fsp3) is 0.238. The maximum Gasteiger partial charge on any atom is 0.293 e. The van der Waals surface area contributed by atoms with E-state index in [0.29, 0.717) is 33.6 Å². The second-order valence-electron chi connectivity index (χ2n) is 6.48. The highest BCUT2D eigenvalue weighted by atomic mass is 35.5. The number of halogens is 1. The lowest BCUT2D eigenvalue weighted by atomic mass is 10.1. The van der Waals surface area contributed by atoms with Gasteiger partial charge in [-0.3, -0.25) is 14.5 Å². The summed E-state index contributed by atoms with van der Waals surface area (Å²) in [5, 5.41) is 0.0813. The summed E-state index contributed by atoms with van der Waals surface area (Å²) in [5.74, 6) is 1.53. The number of fused-ring (bicyclic) bond motifs is 1. The van der Waals surface area contributed by atoms with Crippen LogP contribution in [-0.2, 0) is 11.3 Å². The topological polar surface area (TPSA) is 65.1 Å². The third-order valence-corrected chi connectivity index (χ3v) is 5.65. The first-order valence-electron chi connectivity index (χ1n) is 9.11. The summed E-state index contributed by atoms with van der Waals surface area (Å²) in [6, 6.07) is 10.7. The highest BCUT2D eigenvalue weighted by Gasteiger charge is 2.35. The van der Waals surface area contributed by atoms with Crippen molar-refractivity contribution < 1.29 is 23.8 Å². The molecule has 4 rings (SSSR count). The standard InChI is InChI=1S/C21H18ClNO5S/c1-2-7-26-15-5-3-13(4-6-15)8-19-20(24)23(21(25)29-19)11-14-9-17-18(10-16(14)22)28-12-27-17/h3-6,8-10H,2,7,11-12H2,1H3/b19-8-. The van der Waals surface area contributed by atoms with E-state index in [0.717, 1.165) is 29.5 Å². The molecule has 2 aromatic rings. The molecule has 0 saturated carbocycles. The molecule has 0 unspecified atom stereocenters.